The number of nitrogens with zero attached hydrogens (tertiary/aromatic N) is 1. The van der Waals surface area contributed by atoms with Gasteiger partial charge in [-0.2, -0.15) is 0 Å². The second kappa shape index (κ2) is 6.44. The van der Waals surface area contributed by atoms with Crippen LogP contribution < -0.4 is 10.6 Å². The lowest BCUT2D eigenvalue weighted by Gasteiger charge is -2.32. The van der Waals surface area contributed by atoms with Crippen LogP contribution in [0.1, 0.15) is 26.7 Å². The minimum atomic E-state index is -1.03. The Bertz CT molecular complexity index is 283. The molecule has 0 saturated carbocycles. The third-order valence-electron chi connectivity index (χ3n) is 3.01. The lowest BCUT2D eigenvalue weighted by atomic mass is 10.1. The molecule has 0 aliphatic carbocycles. The molecular formula is C11H21N3O3. The molecule has 0 aromatic rings. The first-order chi connectivity index (χ1) is 8.02. The van der Waals surface area contributed by atoms with Gasteiger partial charge in [-0.15, -0.1) is 0 Å². The molecule has 2 amide bonds. The van der Waals surface area contributed by atoms with E-state index in [4.69, 9.17) is 5.11 Å². The number of likely N-dealkylation sites (tertiary alicyclic amines) is 1. The molecule has 6 heteroatoms. The summed E-state index contributed by atoms with van der Waals surface area (Å²) in [6, 6.07) is -1.14. The average Bonchev–Trinajstić information content (AvgIpc) is 2.28. The molecule has 1 unspecified atom stereocenters. The molecule has 1 rings (SSSR count). The van der Waals surface area contributed by atoms with Crippen molar-refractivity contribution in [2.75, 3.05) is 19.6 Å². The van der Waals surface area contributed by atoms with Crippen molar-refractivity contribution in [1.29, 1.82) is 0 Å². The van der Waals surface area contributed by atoms with Crippen LogP contribution in [-0.4, -0.2) is 53.7 Å². The first-order valence-corrected chi connectivity index (χ1v) is 6.05. The number of hydrogen-bond donors (Lipinski definition) is 3. The minimum Gasteiger partial charge on any atom is -0.480 e. The summed E-state index contributed by atoms with van der Waals surface area (Å²) in [7, 11) is 0. The summed E-state index contributed by atoms with van der Waals surface area (Å²) in [6.45, 7) is 6.43. The zero-order valence-electron chi connectivity index (χ0n) is 10.4. The first kappa shape index (κ1) is 13.8. The summed E-state index contributed by atoms with van der Waals surface area (Å²) in [6.07, 6.45) is 2.01. The van der Waals surface area contributed by atoms with Crippen LogP contribution >= 0.6 is 0 Å². The molecule has 0 aromatic heterocycles. The minimum absolute atomic E-state index is 0.115. The van der Waals surface area contributed by atoms with Gasteiger partial charge in [0.2, 0.25) is 0 Å². The van der Waals surface area contributed by atoms with Crippen molar-refractivity contribution < 1.29 is 14.7 Å². The van der Waals surface area contributed by atoms with Gasteiger partial charge in [-0.25, -0.2) is 4.79 Å². The fourth-order valence-corrected chi connectivity index (χ4v) is 1.95. The lowest BCUT2D eigenvalue weighted by molar-refractivity contribution is -0.138. The molecule has 1 aliphatic rings. The largest absolute Gasteiger partial charge is 0.480 e. The van der Waals surface area contributed by atoms with Gasteiger partial charge in [0, 0.05) is 12.6 Å². The van der Waals surface area contributed by atoms with Gasteiger partial charge in [-0.05, 0) is 32.9 Å². The molecule has 17 heavy (non-hydrogen) atoms. The second-order valence-electron chi connectivity index (χ2n) is 4.41. The molecule has 1 fully saturated rings. The van der Waals surface area contributed by atoms with Crippen LogP contribution in [0, 0.1) is 0 Å². The van der Waals surface area contributed by atoms with Crippen molar-refractivity contribution in [2.45, 2.75) is 38.8 Å². The maximum absolute atomic E-state index is 11.5. The zero-order valence-corrected chi connectivity index (χ0v) is 10.4. The number of carbonyl (C=O) groups excluding carboxylic acids is 1. The molecule has 1 heterocycles. The summed E-state index contributed by atoms with van der Waals surface area (Å²) < 4.78 is 0. The predicted molar refractivity (Wildman–Crippen MR) is 63.9 cm³/mol. The van der Waals surface area contributed by atoms with E-state index in [-0.39, 0.29) is 6.04 Å². The van der Waals surface area contributed by atoms with Crippen molar-refractivity contribution in [3.63, 3.8) is 0 Å². The van der Waals surface area contributed by atoms with Gasteiger partial charge >= 0.3 is 12.0 Å². The van der Waals surface area contributed by atoms with E-state index in [2.05, 4.69) is 22.5 Å². The Balaban J connectivity index is 2.33. The highest BCUT2D eigenvalue weighted by Gasteiger charge is 2.21. The molecule has 2 atom stereocenters. The molecule has 0 aromatic carbocycles. The molecule has 1 saturated heterocycles. The van der Waals surface area contributed by atoms with E-state index in [0.29, 0.717) is 0 Å². The Morgan fingerprint density at radius 1 is 1.53 bits per heavy atom. The van der Waals surface area contributed by atoms with Crippen molar-refractivity contribution in [3.05, 3.63) is 0 Å². The van der Waals surface area contributed by atoms with Gasteiger partial charge in [0.25, 0.3) is 0 Å². The van der Waals surface area contributed by atoms with Crippen LogP contribution in [-0.2, 0) is 4.79 Å². The second-order valence-corrected chi connectivity index (χ2v) is 4.41. The summed E-state index contributed by atoms with van der Waals surface area (Å²) in [5, 5.41) is 13.9. The van der Waals surface area contributed by atoms with Crippen LogP contribution in [0.25, 0.3) is 0 Å². The number of carbonyl (C=O) groups is 2. The number of piperidine rings is 1. The predicted octanol–water partition coefficient (Wildman–Crippen LogP) is 0.243. The highest BCUT2D eigenvalue weighted by molar-refractivity contribution is 5.82. The molecule has 0 bridgehead atoms. The topological polar surface area (TPSA) is 81.7 Å². The number of carboxylic acid groups (broad SMARTS) is 1. The SMILES string of the molecule is CCN1CCCC(NC(=O)N[C@@H](C)C(=O)O)C1. The van der Waals surface area contributed by atoms with E-state index in [1.54, 1.807) is 0 Å². The molecular weight excluding hydrogens is 222 g/mol. The van der Waals surface area contributed by atoms with Crippen LogP contribution in [0.3, 0.4) is 0 Å². The van der Waals surface area contributed by atoms with E-state index >= 15 is 0 Å². The normalized spacial score (nSPS) is 22.8. The zero-order chi connectivity index (χ0) is 12.8. The maximum atomic E-state index is 11.5. The Morgan fingerprint density at radius 2 is 2.24 bits per heavy atom. The first-order valence-electron chi connectivity index (χ1n) is 6.05. The molecule has 3 N–H and O–H groups in total. The molecule has 6 nitrogen and oxygen atoms in total. The Kier molecular flexibility index (Phi) is 5.21. The highest BCUT2D eigenvalue weighted by Crippen LogP contribution is 2.09. The molecule has 0 spiro atoms. The Labute approximate surface area is 101 Å². The fraction of sp³-hybridized carbons (Fsp3) is 0.818. The van der Waals surface area contributed by atoms with Crippen molar-refractivity contribution in [1.82, 2.24) is 15.5 Å². The van der Waals surface area contributed by atoms with Crippen LogP contribution in [0.2, 0.25) is 0 Å². The van der Waals surface area contributed by atoms with E-state index in [1.165, 1.54) is 6.92 Å². The summed E-state index contributed by atoms with van der Waals surface area (Å²) in [5.41, 5.74) is 0. The van der Waals surface area contributed by atoms with Gasteiger partial charge in [0.1, 0.15) is 6.04 Å². The fourth-order valence-electron chi connectivity index (χ4n) is 1.95. The van der Waals surface area contributed by atoms with Crippen molar-refractivity contribution in [2.24, 2.45) is 0 Å². The maximum Gasteiger partial charge on any atom is 0.325 e. The van der Waals surface area contributed by atoms with Gasteiger partial charge in [0.05, 0.1) is 0 Å². The number of rotatable bonds is 4. The molecule has 0 radical (unpaired) electrons. The van der Waals surface area contributed by atoms with Crippen LogP contribution in [0.5, 0.6) is 0 Å². The standard InChI is InChI=1S/C11H21N3O3/c1-3-14-6-4-5-9(7-14)13-11(17)12-8(2)10(15)16/h8-9H,3-7H2,1-2H3,(H,15,16)(H2,12,13,17)/t8-,9?/m0/s1. The van der Waals surface area contributed by atoms with Gasteiger partial charge < -0.3 is 20.6 Å². The van der Waals surface area contributed by atoms with Gasteiger partial charge in [-0.3, -0.25) is 4.79 Å². The Morgan fingerprint density at radius 3 is 2.82 bits per heavy atom. The monoisotopic (exact) mass is 243 g/mol. The van der Waals surface area contributed by atoms with Crippen molar-refractivity contribution in [3.8, 4) is 0 Å². The summed E-state index contributed by atoms with van der Waals surface area (Å²) in [5.74, 6) is -1.03. The summed E-state index contributed by atoms with van der Waals surface area (Å²) >= 11 is 0. The van der Waals surface area contributed by atoms with E-state index in [1.807, 2.05) is 0 Å². The average molecular weight is 243 g/mol. The number of urea groups is 1. The van der Waals surface area contributed by atoms with Crippen LogP contribution in [0.4, 0.5) is 4.79 Å². The number of amides is 2. The molecule has 1 aliphatic heterocycles. The van der Waals surface area contributed by atoms with Gasteiger partial charge in [-0.1, -0.05) is 6.92 Å². The van der Waals surface area contributed by atoms with E-state index in [9.17, 15) is 9.59 Å². The third kappa shape index (κ3) is 4.60. The van der Waals surface area contributed by atoms with Gasteiger partial charge in [0.15, 0.2) is 0 Å². The van der Waals surface area contributed by atoms with E-state index < -0.39 is 18.0 Å². The number of likely N-dealkylation sites (N-methyl/N-ethyl adjacent to an activating group) is 1. The molecule has 98 valence electrons. The number of aliphatic carboxylic acids is 1. The quantitative estimate of drug-likeness (QED) is 0.661. The summed E-state index contributed by atoms with van der Waals surface area (Å²) in [4.78, 5) is 24.4. The third-order valence-corrected chi connectivity index (χ3v) is 3.01. The number of hydrogen-bond acceptors (Lipinski definition) is 3. The highest BCUT2D eigenvalue weighted by atomic mass is 16.4. The van der Waals surface area contributed by atoms with E-state index in [0.717, 1.165) is 32.5 Å². The number of nitrogens with one attached hydrogen (secondary N) is 2. The Hall–Kier alpha value is -1.30. The number of carboxylic acids is 1. The van der Waals surface area contributed by atoms with Crippen LogP contribution in [0.15, 0.2) is 0 Å². The lowest BCUT2D eigenvalue weighted by Crippen LogP contribution is -2.52. The smallest absolute Gasteiger partial charge is 0.325 e. The van der Waals surface area contributed by atoms with Crippen molar-refractivity contribution >= 4 is 12.0 Å².